The zero-order valence-electron chi connectivity index (χ0n) is 13.4. The third-order valence-corrected chi connectivity index (χ3v) is 3.89. The molecule has 0 aliphatic carbocycles. The summed E-state index contributed by atoms with van der Waals surface area (Å²) in [5.74, 6) is 0. The molecule has 2 atom stereocenters. The van der Waals surface area contributed by atoms with E-state index in [2.05, 4.69) is 63.0 Å². The summed E-state index contributed by atoms with van der Waals surface area (Å²) in [6.07, 6.45) is 0.313. The average molecular weight is 276 g/mol. The molecule has 0 aromatic heterocycles. The first-order valence-electron chi connectivity index (χ1n) is 7.68. The molecule has 2 unspecified atom stereocenters. The summed E-state index contributed by atoms with van der Waals surface area (Å²) in [5, 5.41) is 3.47. The molecule has 1 aliphatic heterocycles. The molecule has 3 nitrogen and oxygen atoms in total. The lowest BCUT2D eigenvalue weighted by molar-refractivity contribution is 0.0343. The Morgan fingerprint density at radius 2 is 2.10 bits per heavy atom. The van der Waals surface area contributed by atoms with Gasteiger partial charge < -0.3 is 15.0 Å². The first-order valence-corrected chi connectivity index (χ1v) is 7.68. The lowest BCUT2D eigenvalue weighted by Crippen LogP contribution is -2.47. The van der Waals surface area contributed by atoms with Gasteiger partial charge in [0.25, 0.3) is 0 Å². The van der Waals surface area contributed by atoms with Gasteiger partial charge in [0.15, 0.2) is 0 Å². The fraction of sp³-hybridized carbons (Fsp3) is 0.647. The van der Waals surface area contributed by atoms with Crippen molar-refractivity contribution < 1.29 is 4.74 Å². The number of hydrogen-bond donors (Lipinski definition) is 1. The number of hydrogen-bond acceptors (Lipinski definition) is 3. The second-order valence-electron chi connectivity index (χ2n) is 6.30. The van der Waals surface area contributed by atoms with Crippen LogP contribution in [0.5, 0.6) is 0 Å². The van der Waals surface area contributed by atoms with Crippen LogP contribution in [0.3, 0.4) is 0 Å². The zero-order chi connectivity index (χ0) is 14.7. The van der Waals surface area contributed by atoms with E-state index in [1.54, 1.807) is 0 Å². The highest BCUT2D eigenvalue weighted by atomic mass is 16.5. The van der Waals surface area contributed by atoms with Crippen molar-refractivity contribution >= 4 is 5.69 Å². The van der Waals surface area contributed by atoms with Crippen molar-refractivity contribution in [2.24, 2.45) is 0 Å². The Labute approximate surface area is 123 Å². The van der Waals surface area contributed by atoms with Crippen molar-refractivity contribution in [2.75, 3.05) is 18.1 Å². The van der Waals surface area contributed by atoms with Crippen molar-refractivity contribution in [1.82, 2.24) is 5.32 Å². The number of anilines is 1. The number of benzene rings is 1. The number of aryl methyl sites for hydroxylation is 1. The normalized spacial score (nSPS) is 23.4. The lowest BCUT2D eigenvalue weighted by atomic mass is 10.1. The zero-order valence-corrected chi connectivity index (χ0v) is 13.4. The van der Waals surface area contributed by atoms with Crippen molar-refractivity contribution in [3.63, 3.8) is 0 Å². The van der Waals surface area contributed by atoms with E-state index < -0.39 is 0 Å². The maximum atomic E-state index is 5.72. The Morgan fingerprint density at radius 3 is 2.75 bits per heavy atom. The Bertz CT molecular complexity index is 445. The fourth-order valence-corrected chi connectivity index (χ4v) is 2.71. The van der Waals surface area contributed by atoms with Gasteiger partial charge in [0.1, 0.15) is 0 Å². The van der Waals surface area contributed by atoms with E-state index >= 15 is 0 Å². The Kier molecular flexibility index (Phi) is 5.06. The highest BCUT2D eigenvalue weighted by molar-refractivity contribution is 5.55. The molecule has 0 spiro atoms. The van der Waals surface area contributed by atoms with Crippen molar-refractivity contribution in [3.05, 3.63) is 29.3 Å². The minimum atomic E-state index is 0.313. The van der Waals surface area contributed by atoms with E-state index in [1.807, 2.05) is 0 Å². The minimum Gasteiger partial charge on any atom is -0.375 e. The predicted molar refractivity (Wildman–Crippen MR) is 85.4 cm³/mol. The van der Waals surface area contributed by atoms with Gasteiger partial charge in [0.2, 0.25) is 0 Å². The molecule has 0 radical (unpaired) electrons. The number of rotatable bonds is 4. The van der Waals surface area contributed by atoms with Crippen LogP contribution < -0.4 is 10.2 Å². The van der Waals surface area contributed by atoms with Gasteiger partial charge in [0.05, 0.1) is 12.7 Å². The van der Waals surface area contributed by atoms with E-state index in [9.17, 15) is 0 Å². The average Bonchev–Trinajstić information content (AvgIpc) is 2.39. The molecule has 1 N–H and O–H groups in total. The predicted octanol–water partition coefficient (Wildman–Crippen LogP) is 3.11. The van der Waals surface area contributed by atoms with Crippen LogP contribution in [-0.2, 0) is 11.3 Å². The second-order valence-corrected chi connectivity index (χ2v) is 6.30. The topological polar surface area (TPSA) is 24.5 Å². The van der Waals surface area contributed by atoms with Gasteiger partial charge in [-0.25, -0.2) is 0 Å². The first-order chi connectivity index (χ1) is 9.47. The molecule has 1 aromatic rings. The molecule has 1 aromatic carbocycles. The number of nitrogens with zero attached hydrogens (tertiary/aromatic N) is 1. The highest BCUT2D eigenvalue weighted by Crippen LogP contribution is 2.26. The largest absolute Gasteiger partial charge is 0.375 e. The van der Waals surface area contributed by atoms with Gasteiger partial charge in [0, 0.05) is 30.9 Å². The van der Waals surface area contributed by atoms with Gasteiger partial charge in [-0.2, -0.15) is 0 Å². The van der Waals surface area contributed by atoms with Gasteiger partial charge >= 0.3 is 0 Å². The Balaban J connectivity index is 2.12. The maximum absolute atomic E-state index is 5.72. The second kappa shape index (κ2) is 6.59. The molecule has 1 fully saturated rings. The van der Waals surface area contributed by atoms with Crippen LogP contribution in [0.4, 0.5) is 5.69 Å². The van der Waals surface area contributed by atoms with Crippen LogP contribution >= 0.6 is 0 Å². The molecule has 0 amide bonds. The molecular formula is C17H28N2O. The van der Waals surface area contributed by atoms with Crippen molar-refractivity contribution in [3.8, 4) is 0 Å². The summed E-state index contributed by atoms with van der Waals surface area (Å²) in [6.45, 7) is 13.7. The molecule has 20 heavy (non-hydrogen) atoms. The maximum Gasteiger partial charge on any atom is 0.0723 e. The molecule has 1 saturated heterocycles. The van der Waals surface area contributed by atoms with Gasteiger partial charge in [-0.1, -0.05) is 26.0 Å². The highest BCUT2D eigenvalue weighted by Gasteiger charge is 2.24. The van der Waals surface area contributed by atoms with E-state index in [4.69, 9.17) is 4.74 Å². The third-order valence-electron chi connectivity index (χ3n) is 3.89. The number of morpholine rings is 1. The van der Waals surface area contributed by atoms with E-state index in [0.717, 1.165) is 19.7 Å². The van der Waals surface area contributed by atoms with E-state index in [1.165, 1.54) is 16.8 Å². The lowest BCUT2D eigenvalue weighted by Gasteiger charge is -2.39. The summed E-state index contributed by atoms with van der Waals surface area (Å²) >= 11 is 0. The smallest absolute Gasteiger partial charge is 0.0723 e. The quantitative estimate of drug-likeness (QED) is 0.914. The molecular weight excluding hydrogens is 248 g/mol. The molecule has 1 heterocycles. The van der Waals surface area contributed by atoms with Gasteiger partial charge in [-0.15, -0.1) is 0 Å². The minimum absolute atomic E-state index is 0.313. The van der Waals surface area contributed by atoms with E-state index in [-0.39, 0.29) is 0 Å². The summed E-state index contributed by atoms with van der Waals surface area (Å²) in [5.41, 5.74) is 4.06. The molecule has 2 rings (SSSR count). The Hall–Kier alpha value is -1.06. The summed E-state index contributed by atoms with van der Waals surface area (Å²) in [4.78, 5) is 2.48. The standard InChI is InChI=1S/C17H28N2O/c1-12(2)18-9-16-6-7-17(13(3)8-16)19-10-15(5)20-11-14(19)4/h6-8,12,14-15,18H,9-11H2,1-5H3. The number of nitrogens with one attached hydrogen (secondary N) is 1. The van der Waals surface area contributed by atoms with Crippen molar-refractivity contribution in [1.29, 1.82) is 0 Å². The van der Waals surface area contributed by atoms with Crippen LogP contribution in [0.2, 0.25) is 0 Å². The third kappa shape index (κ3) is 3.74. The van der Waals surface area contributed by atoms with Crippen LogP contribution in [-0.4, -0.2) is 31.3 Å². The van der Waals surface area contributed by atoms with Crippen LogP contribution in [0.1, 0.15) is 38.8 Å². The van der Waals surface area contributed by atoms with Crippen LogP contribution in [0.25, 0.3) is 0 Å². The Morgan fingerprint density at radius 1 is 1.35 bits per heavy atom. The first kappa shape index (κ1) is 15.3. The molecule has 1 aliphatic rings. The summed E-state index contributed by atoms with van der Waals surface area (Å²) < 4.78 is 5.72. The van der Waals surface area contributed by atoms with Crippen molar-refractivity contribution in [2.45, 2.75) is 59.4 Å². The molecule has 0 bridgehead atoms. The van der Waals surface area contributed by atoms with Crippen LogP contribution in [0, 0.1) is 6.92 Å². The fourth-order valence-electron chi connectivity index (χ4n) is 2.71. The summed E-state index contributed by atoms with van der Waals surface area (Å²) in [6, 6.07) is 7.78. The molecule has 0 saturated carbocycles. The number of ether oxygens (including phenoxy) is 1. The van der Waals surface area contributed by atoms with Crippen LogP contribution in [0.15, 0.2) is 18.2 Å². The van der Waals surface area contributed by atoms with Gasteiger partial charge in [-0.3, -0.25) is 0 Å². The monoisotopic (exact) mass is 276 g/mol. The summed E-state index contributed by atoms with van der Waals surface area (Å²) in [7, 11) is 0. The molecule has 3 heteroatoms. The van der Waals surface area contributed by atoms with E-state index in [0.29, 0.717) is 18.2 Å². The SMILES string of the molecule is Cc1cc(CNC(C)C)ccc1N1CC(C)OCC1C. The molecule has 112 valence electrons. The van der Waals surface area contributed by atoms with Gasteiger partial charge in [-0.05, 0) is 38.0 Å².